The van der Waals surface area contributed by atoms with E-state index in [0.29, 0.717) is 6.54 Å². The average molecular weight is 334 g/mol. The van der Waals surface area contributed by atoms with Crippen molar-refractivity contribution in [2.24, 2.45) is 0 Å². The van der Waals surface area contributed by atoms with Crippen molar-refractivity contribution < 1.29 is 4.79 Å². The van der Waals surface area contributed by atoms with Crippen molar-refractivity contribution in [1.29, 1.82) is 0 Å². The van der Waals surface area contributed by atoms with Crippen molar-refractivity contribution in [1.82, 2.24) is 10.3 Å². The summed E-state index contributed by atoms with van der Waals surface area (Å²) in [5.41, 5.74) is 1.96. The summed E-state index contributed by atoms with van der Waals surface area (Å²) in [4.78, 5) is 15.8. The third-order valence-electron chi connectivity index (χ3n) is 2.73. The molecule has 2 rings (SSSR count). The average Bonchev–Trinajstić information content (AvgIpc) is 2.47. The largest absolute Gasteiger partial charge is 0.325 e. The molecule has 20 heavy (non-hydrogen) atoms. The number of rotatable bonds is 6. The third-order valence-corrected chi connectivity index (χ3v) is 3.26. The lowest BCUT2D eigenvalue weighted by Crippen LogP contribution is -2.29. The van der Waals surface area contributed by atoms with Crippen LogP contribution in [0.4, 0.5) is 5.69 Å². The Morgan fingerprint density at radius 3 is 2.70 bits per heavy atom. The van der Waals surface area contributed by atoms with Crippen molar-refractivity contribution in [3.63, 3.8) is 0 Å². The SMILES string of the molecule is O=C(CNCCc1cccnc1)Nc1ccc(Br)cc1. The first-order valence-electron chi connectivity index (χ1n) is 6.39. The number of pyridine rings is 1. The standard InChI is InChI=1S/C15H16BrN3O/c16-13-3-5-14(6-4-13)19-15(20)11-18-9-7-12-2-1-8-17-10-12/h1-6,8,10,18H,7,9,11H2,(H,19,20). The highest BCUT2D eigenvalue weighted by atomic mass is 79.9. The molecule has 0 aliphatic heterocycles. The maximum atomic E-state index is 11.7. The van der Waals surface area contributed by atoms with Crippen LogP contribution in [0.2, 0.25) is 0 Å². The molecule has 0 unspecified atom stereocenters. The van der Waals surface area contributed by atoms with Crippen LogP contribution in [-0.2, 0) is 11.2 Å². The highest BCUT2D eigenvalue weighted by Gasteiger charge is 2.01. The molecule has 1 aromatic carbocycles. The van der Waals surface area contributed by atoms with Crippen molar-refractivity contribution >= 4 is 27.5 Å². The minimum Gasteiger partial charge on any atom is -0.325 e. The number of nitrogens with one attached hydrogen (secondary N) is 2. The second kappa shape index (κ2) is 7.77. The topological polar surface area (TPSA) is 54.0 Å². The number of nitrogens with zero attached hydrogens (tertiary/aromatic N) is 1. The Morgan fingerprint density at radius 1 is 1.20 bits per heavy atom. The van der Waals surface area contributed by atoms with Gasteiger partial charge in [-0.2, -0.15) is 0 Å². The van der Waals surface area contributed by atoms with Crippen LogP contribution in [0.25, 0.3) is 0 Å². The molecule has 4 nitrogen and oxygen atoms in total. The summed E-state index contributed by atoms with van der Waals surface area (Å²) in [6.07, 6.45) is 4.45. The number of benzene rings is 1. The third kappa shape index (κ3) is 5.11. The zero-order valence-electron chi connectivity index (χ0n) is 11.0. The number of amides is 1. The van der Waals surface area contributed by atoms with Crippen LogP contribution in [-0.4, -0.2) is 24.0 Å². The molecule has 0 fully saturated rings. The van der Waals surface area contributed by atoms with Gasteiger partial charge in [0.05, 0.1) is 6.54 Å². The van der Waals surface area contributed by atoms with Gasteiger partial charge in [0.1, 0.15) is 0 Å². The molecular weight excluding hydrogens is 318 g/mol. The number of carbonyl (C=O) groups excluding carboxylic acids is 1. The zero-order valence-corrected chi connectivity index (χ0v) is 12.6. The summed E-state index contributed by atoms with van der Waals surface area (Å²) >= 11 is 3.35. The summed E-state index contributed by atoms with van der Waals surface area (Å²) < 4.78 is 0.991. The maximum absolute atomic E-state index is 11.7. The van der Waals surface area contributed by atoms with E-state index in [9.17, 15) is 4.79 Å². The van der Waals surface area contributed by atoms with Crippen LogP contribution in [0.1, 0.15) is 5.56 Å². The summed E-state index contributed by atoms with van der Waals surface area (Å²) in [6.45, 7) is 1.05. The lowest BCUT2D eigenvalue weighted by molar-refractivity contribution is -0.115. The Hall–Kier alpha value is -1.72. The molecule has 1 aromatic heterocycles. The summed E-state index contributed by atoms with van der Waals surface area (Å²) in [5, 5.41) is 5.95. The molecule has 0 aliphatic carbocycles. The highest BCUT2D eigenvalue weighted by Crippen LogP contribution is 2.13. The molecule has 0 spiro atoms. The van der Waals surface area contributed by atoms with E-state index in [1.54, 1.807) is 6.20 Å². The summed E-state index contributed by atoms with van der Waals surface area (Å²) in [5.74, 6) is -0.0430. The number of hydrogen-bond acceptors (Lipinski definition) is 3. The molecule has 1 amide bonds. The van der Waals surface area contributed by atoms with Gasteiger partial charge in [0, 0.05) is 22.6 Å². The minimum atomic E-state index is -0.0430. The van der Waals surface area contributed by atoms with Crippen LogP contribution in [0.5, 0.6) is 0 Å². The predicted molar refractivity (Wildman–Crippen MR) is 83.6 cm³/mol. The van der Waals surface area contributed by atoms with Crippen LogP contribution < -0.4 is 10.6 Å². The van der Waals surface area contributed by atoms with Gasteiger partial charge in [-0.05, 0) is 48.9 Å². The van der Waals surface area contributed by atoms with Crippen LogP contribution in [0.3, 0.4) is 0 Å². The molecule has 2 aromatic rings. The van der Waals surface area contributed by atoms with Gasteiger partial charge in [-0.25, -0.2) is 0 Å². The number of anilines is 1. The van der Waals surface area contributed by atoms with E-state index in [1.807, 2.05) is 42.6 Å². The second-order valence-electron chi connectivity index (χ2n) is 4.34. The molecule has 1 heterocycles. The van der Waals surface area contributed by atoms with E-state index in [-0.39, 0.29) is 5.91 Å². The summed E-state index contributed by atoms with van der Waals surface area (Å²) in [6, 6.07) is 11.4. The Balaban J connectivity index is 1.66. The van der Waals surface area contributed by atoms with E-state index in [2.05, 4.69) is 31.5 Å². The number of hydrogen-bond donors (Lipinski definition) is 2. The van der Waals surface area contributed by atoms with Crippen LogP contribution >= 0.6 is 15.9 Å². The molecule has 104 valence electrons. The lowest BCUT2D eigenvalue weighted by Gasteiger charge is -2.07. The van der Waals surface area contributed by atoms with E-state index < -0.39 is 0 Å². The molecule has 0 bridgehead atoms. The second-order valence-corrected chi connectivity index (χ2v) is 5.26. The van der Waals surface area contributed by atoms with Gasteiger partial charge in [0.2, 0.25) is 5.91 Å². The fraction of sp³-hybridized carbons (Fsp3) is 0.200. The molecule has 0 aliphatic rings. The van der Waals surface area contributed by atoms with Crippen LogP contribution in [0.15, 0.2) is 53.3 Å². The quantitative estimate of drug-likeness (QED) is 0.799. The summed E-state index contributed by atoms with van der Waals surface area (Å²) in [7, 11) is 0. The first-order chi connectivity index (χ1) is 9.74. The Labute approximate surface area is 126 Å². The van der Waals surface area contributed by atoms with E-state index in [0.717, 1.165) is 28.7 Å². The van der Waals surface area contributed by atoms with Crippen molar-refractivity contribution in [3.05, 3.63) is 58.8 Å². The molecule has 5 heteroatoms. The van der Waals surface area contributed by atoms with Gasteiger partial charge in [0.25, 0.3) is 0 Å². The van der Waals surface area contributed by atoms with Gasteiger partial charge >= 0.3 is 0 Å². The first kappa shape index (κ1) is 14.7. The van der Waals surface area contributed by atoms with Gasteiger partial charge in [-0.3, -0.25) is 9.78 Å². The monoisotopic (exact) mass is 333 g/mol. The fourth-order valence-electron chi connectivity index (χ4n) is 1.72. The van der Waals surface area contributed by atoms with Gasteiger partial charge in [-0.1, -0.05) is 22.0 Å². The molecule has 0 radical (unpaired) electrons. The Morgan fingerprint density at radius 2 is 2.00 bits per heavy atom. The van der Waals surface area contributed by atoms with E-state index >= 15 is 0 Å². The fourth-order valence-corrected chi connectivity index (χ4v) is 1.98. The van der Waals surface area contributed by atoms with Crippen molar-refractivity contribution in [2.45, 2.75) is 6.42 Å². The maximum Gasteiger partial charge on any atom is 0.238 e. The van der Waals surface area contributed by atoms with Crippen molar-refractivity contribution in [3.8, 4) is 0 Å². The number of halogens is 1. The molecular formula is C15H16BrN3O. The number of carbonyl (C=O) groups is 1. The molecule has 0 saturated carbocycles. The highest BCUT2D eigenvalue weighted by molar-refractivity contribution is 9.10. The zero-order chi connectivity index (χ0) is 14.2. The Bertz CT molecular complexity index is 543. The molecule has 0 saturated heterocycles. The van der Waals surface area contributed by atoms with Gasteiger partial charge in [-0.15, -0.1) is 0 Å². The normalized spacial score (nSPS) is 10.2. The van der Waals surface area contributed by atoms with E-state index in [4.69, 9.17) is 0 Å². The van der Waals surface area contributed by atoms with Gasteiger partial charge in [0.15, 0.2) is 0 Å². The Kier molecular flexibility index (Phi) is 5.70. The minimum absolute atomic E-state index is 0.0430. The number of aromatic nitrogens is 1. The smallest absolute Gasteiger partial charge is 0.238 e. The lowest BCUT2D eigenvalue weighted by atomic mass is 10.2. The molecule has 0 atom stereocenters. The predicted octanol–water partition coefficient (Wildman–Crippen LogP) is 2.61. The van der Waals surface area contributed by atoms with Gasteiger partial charge < -0.3 is 10.6 Å². The van der Waals surface area contributed by atoms with Crippen molar-refractivity contribution in [2.75, 3.05) is 18.4 Å². The van der Waals surface area contributed by atoms with Crippen LogP contribution in [0, 0.1) is 0 Å². The first-order valence-corrected chi connectivity index (χ1v) is 7.18. The van der Waals surface area contributed by atoms with E-state index in [1.165, 1.54) is 0 Å². The molecule has 2 N–H and O–H groups in total.